The lowest BCUT2D eigenvalue weighted by Gasteiger charge is -2.37. The van der Waals surface area contributed by atoms with E-state index in [1.165, 1.54) is 32.0 Å². The maximum absolute atomic E-state index is 12.7. The third-order valence-corrected chi connectivity index (χ3v) is 7.42. The smallest absolute Gasteiger partial charge is 0.387 e. The number of piperazine rings is 1. The van der Waals surface area contributed by atoms with Gasteiger partial charge in [-0.3, -0.25) is 4.90 Å². The van der Waals surface area contributed by atoms with Gasteiger partial charge in [0, 0.05) is 62.1 Å². The number of likely N-dealkylation sites (N-methyl/N-ethyl adjacent to an activating group) is 1. The second kappa shape index (κ2) is 8.26. The van der Waals surface area contributed by atoms with Crippen LogP contribution in [0.3, 0.4) is 0 Å². The molecule has 9 heteroatoms. The fraction of sp³-hybridized carbons (Fsp3) is 0.652. The van der Waals surface area contributed by atoms with Crippen LogP contribution < -0.4 is 10.5 Å². The van der Waals surface area contributed by atoms with Crippen molar-refractivity contribution in [2.45, 2.75) is 51.3 Å². The summed E-state index contributed by atoms with van der Waals surface area (Å²) in [4.78, 5) is 14.0. The average molecular weight is 447 g/mol. The van der Waals surface area contributed by atoms with E-state index in [0.717, 1.165) is 24.6 Å². The minimum absolute atomic E-state index is 0.0516. The van der Waals surface area contributed by atoms with Crippen molar-refractivity contribution in [2.24, 2.45) is 11.8 Å². The highest BCUT2D eigenvalue weighted by Gasteiger charge is 2.58. The zero-order chi connectivity index (χ0) is 22.6. The van der Waals surface area contributed by atoms with Crippen molar-refractivity contribution < 1.29 is 13.5 Å². The van der Waals surface area contributed by atoms with Crippen LogP contribution >= 0.6 is 0 Å². The first-order valence-electron chi connectivity index (χ1n) is 11.5. The van der Waals surface area contributed by atoms with E-state index in [9.17, 15) is 8.78 Å². The molecule has 2 N–H and O–H groups in total. The molecule has 0 aromatic carbocycles. The number of halogens is 2. The van der Waals surface area contributed by atoms with Crippen LogP contribution in [0.5, 0.6) is 5.75 Å². The highest BCUT2D eigenvalue weighted by molar-refractivity contribution is 5.64. The zero-order valence-corrected chi connectivity index (χ0v) is 18.9. The molecule has 7 nitrogen and oxygen atoms in total. The zero-order valence-electron chi connectivity index (χ0n) is 18.9. The number of aromatic nitrogens is 3. The van der Waals surface area contributed by atoms with Gasteiger partial charge in [0.2, 0.25) is 0 Å². The normalized spacial score (nSPS) is 28.5. The minimum Gasteiger partial charge on any atom is -0.431 e. The largest absolute Gasteiger partial charge is 0.431 e. The van der Waals surface area contributed by atoms with E-state index >= 15 is 0 Å². The van der Waals surface area contributed by atoms with E-state index in [1.807, 2.05) is 0 Å². The quantitative estimate of drug-likeness (QED) is 0.733. The summed E-state index contributed by atoms with van der Waals surface area (Å²) in [6, 6.07) is 2.69. The second-order valence-corrected chi connectivity index (χ2v) is 9.81. The van der Waals surface area contributed by atoms with E-state index < -0.39 is 6.61 Å². The van der Waals surface area contributed by atoms with E-state index in [1.54, 1.807) is 6.20 Å². The summed E-state index contributed by atoms with van der Waals surface area (Å²) in [6.45, 7) is 5.99. The number of nitrogens with zero attached hydrogens (tertiary/aromatic N) is 5. The monoisotopic (exact) mass is 446 g/mol. The molecular weight excluding hydrogens is 414 g/mol. The fourth-order valence-electron chi connectivity index (χ4n) is 5.67. The highest BCUT2D eigenvalue weighted by Crippen LogP contribution is 2.62. The third kappa shape index (κ3) is 3.96. The van der Waals surface area contributed by atoms with E-state index in [4.69, 9.17) is 10.7 Å². The maximum Gasteiger partial charge on any atom is 0.387 e. The van der Waals surface area contributed by atoms with E-state index in [2.05, 4.69) is 51.2 Å². The lowest BCUT2D eigenvalue weighted by molar-refractivity contribution is -0.0494. The molecule has 3 heterocycles. The summed E-state index contributed by atoms with van der Waals surface area (Å²) < 4.78 is 32.3. The Bertz CT molecular complexity index is 959. The van der Waals surface area contributed by atoms with Gasteiger partial charge in [0.15, 0.2) is 11.6 Å². The molecule has 5 rings (SSSR count). The molecule has 1 saturated heterocycles. The Morgan fingerprint density at radius 2 is 1.81 bits per heavy atom. The minimum atomic E-state index is -2.95. The van der Waals surface area contributed by atoms with Crippen molar-refractivity contribution in [3.05, 3.63) is 24.3 Å². The molecule has 4 atom stereocenters. The van der Waals surface area contributed by atoms with Crippen LogP contribution in [0.15, 0.2) is 18.5 Å². The number of hydrogen-bond donors (Lipinski definition) is 1. The molecule has 1 unspecified atom stereocenters. The van der Waals surface area contributed by atoms with Gasteiger partial charge < -0.3 is 19.9 Å². The van der Waals surface area contributed by atoms with Gasteiger partial charge in [-0.15, -0.1) is 0 Å². The van der Waals surface area contributed by atoms with Crippen molar-refractivity contribution in [3.63, 3.8) is 0 Å². The number of hydrogen-bond acceptors (Lipinski definition) is 6. The summed E-state index contributed by atoms with van der Waals surface area (Å²) in [5.41, 5.74) is 7.06. The van der Waals surface area contributed by atoms with Gasteiger partial charge in [0.25, 0.3) is 0 Å². The van der Waals surface area contributed by atoms with Crippen LogP contribution in [0.4, 0.5) is 14.6 Å². The maximum atomic E-state index is 12.7. The van der Waals surface area contributed by atoms with Gasteiger partial charge in [-0.05, 0) is 37.8 Å². The van der Waals surface area contributed by atoms with Crippen LogP contribution in [0.1, 0.15) is 44.5 Å². The Morgan fingerprint density at radius 1 is 1.12 bits per heavy atom. The molecule has 32 heavy (non-hydrogen) atoms. The molecule has 2 saturated carbocycles. The summed E-state index contributed by atoms with van der Waals surface area (Å²) in [6.07, 6.45) is 6.13. The van der Waals surface area contributed by atoms with Gasteiger partial charge in [0.1, 0.15) is 5.82 Å². The Labute approximate surface area is 187 Å². The van der Waals surface area contributed by atoms with Crippen molar-refractivity contribution in [2.75, 3.05) is 39.0 Å². The number of pyridine rings is 1. The number of nitrogen functional groups attached to an aromatic ring is 1. The molecule has 3 fully saturated rings. The summed E-state index contributed by atoms with van der Waals surface area (Å²) in [7, 11) is 2.20. The Morgan fingerprint density at radius 3 is 2.44 bits per heavy atom. The van der Waals surface area contributed by atoms with Crippen LogP contribution in [0.2, 0.25) is 0 Å². The van der Waals surface area contributed by atoms with Gasteiger partial charge in [-0.2, -0.15) is 8.78 Å². The lowest BCUT2D eigenvalue weighted by atomic mass is 10.1. The standard InChI is InChI=1S/C23H32F2N6O/c1-13(2)22-28-18(14-8-19(32-23(24)25)21(26)27-11-14)12-31(22)20-16-9-15(10-17(16)20)30-6-4-29(3)5-7-30/h8,11-13,15-17,20,23H,4-7,9-10H2,1-3H3,(H2,26,27)/t15?,16-,17+,20+. The fourth-order valence-corrected chi connectivity index (χ4v) is 5.67. The van der Waals surface area contributed by atoms with Crippen molar-refractivity contribution in [3.8, 4) is 17.0 Å². The predicted octanol–water partition coefficient (Wildman–Crippen LogP) is 3.45. The van der Waals surface area contributed by atoms with Gasteiger partial charge >= 0.3 is 6.61 Å². The SMILES string of the molecule is CC(C)c1nc(-c2cnc(N)c(OC(F)F)c2)cn1[C@H]1[C@@H]2CC(N3CCN(C)CC3)C[C@@H]21. The van der Waals surface area contributed by atoms with Crippen LogP contribution in [0, 0.1) is 11.8 Å². The lowest BCUT2D eigenvalue weighted by Crippen LogP contribution is -2.48. The van der Waals surface area contributed by atoms with Crippen molar-refractivity contribution in [1.29, 1.82) is 0 Å². The summed E-state index contributed by atoms with van der Waals surface area (Å²) in [5, 5.41) is 0. The van der Waals surface area contributed by atoms with Gasteiger partial charge in [-0.25, -0.2) is 9.97 Å². The predicted molar refractivity (Wildman–Crippen MR) is 119 cm³/mol. The topological polar surface area (TPSA) is 72.4 Å². The molecule has 1 aliphatic heterocycles. The number of fused-ring (bicyclic) bond motifs is 1. The molecule has 174 valence electrons. The molecule has 0 amide bonds. The van der Waals surface area contributed by atoms with Crippen LogP contribution in [-0.4, -0.2) is 70.2 Å². The second-order valence-electron chi connectivity index (χ2n) is 9.81. The molecule has 0 bridgehead atoms. The Hall–Kier alpha value is -2.26. The summed E-state index contributed by atoms with van der Waals surface area (Å²) in [5.74, 6) is 2.52. The number of imidazole rings is 1. The van der Waals surface area contributed by atoms with Gasteiger partial charge in [-0.1, -0.05) is 13.8 Å². The Kier molecular flexibility index (Phi) is 5.57. The third-order valence-electron chi connectivity index (χ3n) is 7.42. The molecule has 3 aliphatic rings. The number of nitrogens with two attached hydrogens (primary N) is 1. The molecule has 0 spiro atoms. The number of alkyl halides is 2. The molecule has 2 aliphatic carbocycles. The van der Waals surface area contributed by atoms with Crippen molar-refractivity contribution >= 4 is 5.82 Å². The molecule has 0 radical (unpaired) electrons. The average Bonchev–Trinajstić information content (AvgIpc) is 3.09. The molecule has 2 aromatic heterocycles. The van der Waals surface area contributed by atoms with E-state index in [-0.39, 0.29) is 17.5 Å². The number of anilines is 1. The first-order valence-corrected chi connectivity index (χ1v) is 11.5. The van der Waals surface area contributed by atoms with Crippen LogP contribution in [-0.2, 0) is 0 Å². The number of ether oxygens (including phenoxy) is 1. The highest BCUT2D eigenvalue weighted by atomic mass is 19.3. The molecular formula is C23H32F2N6O. The first-order chi connectivity index (χ1) is 15.3. The van der Waals surface area contributed by atoms with Crippen molar-refractivity contribution in [1.82, 2.24) is 24.3 Å². The Balaban J connectivity index is 1.34. The first kappa shape index (κ1) is 21.6. The number of rotatable bonds is 6. The van der Waals surface area contributed by atoms with Crippen LogP contribution in [0.25, 0.3) is 11.3 Å². The molecule has 2 aromatic rings. The van der Waals surface area contributed by atoms with E-state index in [0.29, 0.717) is 29.5 Å². The summed E-state index contributed by atoms with van der Waals surface area (Å²) >= 11 is 0. The van der Waals surface area contributed by atoms with Gasteiger partial charge in [0.05, 0.1) is 5.69 Å².